The van der Waals surface area contributed by atoms with Crippen LogP contribution < -0.4 is 0 Å². The lowest BCUT2D eigenvalue weighted by atomic mass is 10.0. The van der Waals surface area contributed by atoms with E-state index in [1.54, 1.807) is 0 Å². The molecule has 0 saturated heterocycles. The van der Waals surface area contributed by atoms with Gasteiger partial charge in [-0.15, -0.1) is 0 Å². The molecule has 0 saturated carbocycles. The minimum atomic E-state index is -0.554. The molecule has 0 spiro atoms. The zero-order chi connectivity index (χ0) is 11.5. The van der Waals surface area contributed by atoms with Gasteiger partial charge in [-0.3, -0.25) is 0 Å². The van der Waals surface area contributed by atoms with Gasteiger partial charge in [0, 0.05) is 8.04 Å². The molecule has 16 heavy (non-hydrogen) atoms. The van der Waals surface area contributed by atoms with E-state index in [2.05, 4.69) is 38.5 Å². The van der Waals surface area contributed by atoms with Gasteiger partial charge >= 0.3 is 0 Å². The molecule has 0 bridgehead atoms. The maximum Gasteiger partial charge on any atom is 0.105 e. The summed E-state index contributed by atoms with van der Waals surface area (Å²) >= 11 is 5.62. The molecule has 0 radical (unpaired) electrons. The van der Waals surface area contributed by atoms with Crippen LogP contribution in [0.4, 0.5) is 0 Å². The van der Waals surface area contributed by atoms with Crippen LogP contribution in [0.3, 0.4) is 0 Å². The average molecular weight is 389 g/mol. The lowest BCUT2D eigenvalue weighted by Crippen LogP contribution is -2.01. The first kappa shape index (κ1) is 12.1. The van der Waals surface area contributed by atoms with Crippen LogP contribution in [0.1, 0.15) is 17.2 Å². The molecule has 0 amide bonds. The van der Waals surface area contributed by atoms with Gasteiger partial charge in [-0.2, -0.15) is 0 Å². The second-order valence-electron chi connectivity index (χ2n) is 3.48. The van der Waals surface area contributed by atoms with Gasteiger partial charge < -0.3 is 5.11 Å². The zero-order valence-corrected chi connectivity index (χ0v) is 12.1. The summed E-state index contributed by atoms with van der Waals surface area (Å²) in [5.41, 5.74) is 1.86. The van der Waals surface area contributed by atoms with Gasteiger partial charge in [0.1, 0.15) is 6.10 Å². The van der Waals surface area contributed by atoms with E-state index >= 15 is 0 Å². The fourth-order valence-corrected chi connectivity index (χ4v) is 2.47. The highest BCUT2D eigenvalue weighted by atomic mass is 127. The van der Waals surface area contributed by atoms with Crippen LogP contribution in [-0.2, 0) is 0 Å². The van der Waals surface area contributed by atoms with Crippen LogP contribution in [-0.4, -0.2) is 5.11 Å². The van der Waals surface area contributed by atoms with Crippen LogP contribution in [0, 0.1) is 3.57 Å². The van der Waals surface area contributed by atoms with E-state index in [1.807, 2.05) is 48.5 Å². The largest absolute Gasteiger partial charge is 0.384 e. The molecule has 0 fully saturated rings. The van der Waals surface area contributed by atoms with E-state index in [0.29, 0.717) is 0 Å². The molecular formula is C13H10BrIO. The van der Waals surface area contributed by atoms with Crippen molar-refractivity contribution in [2.24, 2.45) is 0 Å². The van der Waals surface area contributed by atoms with Crippen molar-refractivity contribution in [2.75, 3.05) is 0 Å². The predicted molar refractivity (Wildman–Crippen MR) is 77.4 cm³/mol. The van der Waals surface area contributed by atoms with Crippen LogP contribution in [0.25, 0.3) is 0 Å². The Morgan fingerprint density at radius 3 is 2.25 bits per heavy atom. The Morgan fingerprint density at radius 1 is 1.00 bits per heavy atom. The number of aliphatic hydroxyl groups excluding tert-OH is 1. The van der Waals surface area contributed by atoms with Crippen molar-refractivity contribution >= 4 is 38.5 Å². The molecule has 82 valence electrons. The summed E-state index contributed by atoms with van der Waals surface area (Å²) in [4.78, 5) is 0. The van der Waals surface area contributed by atoms with Gasteiger partial charge in [0.15, 0.2) is 0 Å². The van der Waals surface area contributed by atoms with E-state index < -0.39 is 6.10 Å². The zero-order valence-electron chi connectivity index (χ0n) is 8.40. The Kier molecular flexibility index (Phi) is 4.00. The molecule has 0 aromatic heterocycles. The summed E-state index contributed by atoms with van der Waals surface area (Å²) in [6.07, 6.45) is -0.554. The molecule has 0 aliphatic heterocycles. The Labute approximate surface area is 117 Å². The standard InChI is InChI=1S/C13H10BrIO/c14-10-7-5-9(6-8-10)13(16)11-3-1-2-4-12(11)15/h1-8,13,16H. The SMILES string of the molecule is OC(c1ccc(Br)cc1)c1ccccc1I. The van der Waals surface area contributed by atoms with Crippen molar-refractivity contribution in [3.05, 3.63) is 67.7 Å². The van der Waals surface area contributed by atoms with Crippen molar-refractivity contribution in [3.63, 3.8) is 0 Å². The molecule has 0 heterocycles. The van der Waals surface area contributed by atoms with E-state index in [1.165, 1.54) is 0 Å². The number of hydrogen-bond donors (Lipinski definition) is 1. The first-order valence-corrected chi connectivity index (χ1v) is 6.73. The van der Waals surface area contributed by atoms with Crippen molar-refractivity contribution in [3.8, 4) is 0 Å². The normalized spacial score (nSPS) is 12.4. The molecular weight excluding hydrogens is 379 g/mol. The van der Waals surface area contributed by atoms with Crippen LogP contribution in [0.5, 0.6) is 0 Å². The number of hydrogen-bond acceptors (Lipinski definition) is 1. The van der Waals surface area contributed by atoms with Gasteiger partial charge in [0.05, 0.1) is 0 Å². The number of aliphatic hydroxyl groups is 1. The lowest BCUT2D eigenvalue weighted by molar-refractivity contribution is 0.219. The monoisotopic (exact) mass is 388 g/mol. The maximum atomic E-state index is 10.2. The highest BCUT2D eigenvalue weighted by Crippen LogP contribution is 2.26. The summed E-state index contributed by atoms with van der Waals surface area (Å²) in [6.45, 7) is 0. The van der Waals surface area contributed by atoms with E-state index in [-0.39, 0.29) is 0 Å². The van der Waals surface area contributed by atoms with E-state index in [4.69, 9.17) is 0 Å². The number of halogens is 2. The highest BCUT2D eigenvalue weighted by Gasteiger charge is 2.12. The Morgan fingerprint density at radius 2 is 1.62 bits per heavy atom. The smallest absolute Gasteiger partial charge is 0.105 e. The summed E-state index contributed by atoms with van der Waals surface area (Å²) in [5.74, 6) is 0. The first-order valence-electron chi connectivity index (χ1n) is 4.86. The van der Waals surface area contributed by atoms with Gasteiger partial charge in [-0.25, -0.2) is 0 Å². The summed E-state index contributed by atoms with van der Waals surface area (Å²) in [7, 11) is 0. The Hall–Kier alpha value is -0.390. The molecule has 1 N–H and O–H groups in total. The topological polar surface area (TPSA) is 20.2 Å². The lowest BCUT2D eigenvalue weighted by Gasteiger charge is -2.13. The second kappa shape index (κ2) is 5.29. The van der Waals surface area contributed by atoms with Crippen molar-refractivity contribution in [1.82, 2.24) is 0 Å². The molecule has 2 aromatic carbocycles. The summed E-state index contributed by atoms with van der Waals surface area (Å²) < 4.78 is 2.10. The van der Waals surface area contributed by atoms with Crippen LogP contribution >= 0.6 is 38.5 Å². The maximum absolute atomic E-state index is 10.2. The minimum absolute atomic E-state index is 0.554. The fourth-order valence-electron chi connectivity index (χ4n) is 1.52. The predicted octanol–water partition coefficient (Wildman–Crippen LogP) is 4.14. The summed E-state index contributed by atoms with van der Waals surface area (Å²) in [5, 5.41) is 10.2. The molecule has 0 aliphatic rings. The molecule has 2 aromatic rings. The van der Waals surface area contributed by atoms with Crippen LogP contribution in [0.15, 0.2) is 53.0 Å². The van der Waals surface area contributed by atoms with E-state index in [9.17, 15) is 5.11 Å². The highest BCUT2D eigenvalue weighted by molar-refractivity contribution is 14.1. The van der Waals surface area contributed by atoms with Gasteiger partial charge in [-0.1, -0.05) is 46.3 Å². The third kappa shape index (κ3) is 2.64. The molecule has 1 unspecified atom stereocenters. The van der Waals surface area contributed by atoms with Gasteiger partial charge in [0.25, 0.3) is 0 Å². The Bertz CT molecular complexity index is 482. The third-order valence-corrected chi connectivity index (χ3v) is 3.90. The number of benzene rings is 2. The molecule has 1 nitrogen and oxygen atoms in total. The molecule has 2 rings (SSSR count). The summed E-state index contributed by atoms with van der Waals surface area (Å²) in [6, 6.07) is 15.6. The molecule has 3 heteroatoms. The quantitative estimate of drug-likeness (QED) is 0.766. The number of rotatable bonds is 2. The molecule has 1 atom stereocenters. The minimum Gasteiger partial charge on any atom is -0.384 e. The van der Waals surface area contributed by atoms with Gasteiger partial charge in [-0.05, 0) is 51.9 Å². The third-order valence-electron chi connectivity index (χ3n) is 2.39. The second-order valence-corrected chi connectivity index (χ2v) is 5.55. The van der Waals surface area contributed by atoms with Crippen molar-refractivity contribution < 1.29 is 5.11 Å². The van der Waals surface area contributed by atoms with Gasteiger partial charge in [0.2, 0.25) is 0 Å². The van der Waals surface area contributed by atoms with Crippen molar-refractivity contribution in [1.29, 1.82) is 0 Å². The average Bonchev–Trinajstić information content (AvgIpc) is 2.30. The van der Waals surface area contributed by atoms with Crippen molar-refractivity contribution in [2.45, 2.75) is 6.10 Å². The molecule has 0 aliphatic carbocycles. The fraction of sp³-hybridized carbons (Fsp3) is 0.0769. The first-order chi connectivity index (χ1) is 7.68. The Balaban J connectivity index is 2.35. The van der Waals surface area contributed by atoms with Crippen LogP contribution in [0.2, 0.25) is 0 Å². The van der Waals surface area contributed by atoms with E-state index in [0.717, 1.165) is 19.2 Å².